The molecule has 1 aromatic carbocycles. The molecule has 20 heavy (non-hydrogen) atoms. The highest BCUT2D eigenvalue weighted by Gasteiger charge is 2.24. The number of rotatable bonds is 9. The van der Waals surface area contributed by atoms with Crippen LogP contribution < -0.4 is 5.32 Å². The maximum absolute atomic E-state index is 5.95. The van der Waals surface area contributed by atoms with E-state index in [1.165, 1.54) is 31.2 Å². The third kappa shape index (κ3) is 5.08. The summed E-state index contributed by atoms with van der Waals surface area (Å²) in [6, 6.07) is 8.99. The van der Waals surface area contributed by atoms with E-state index in [1.807, 2.05) is 12.1 Å². The summed E-state index contributed by atoms with van der Waals surface area (Å²) < 4.78 is 5.90. The molecule has 0 aromatic heterocycles. The summed E-state index contributed by atoms with van der Waals surface area (Å²) in [5.41, 5.74) is 1.35. The zero-order valence-corrected chi connectivity index (χ0v) is 12.7. The third-order valence-electron chi connectivity index (χ3n) is 4.11. The van der Waals surface area contributed by atoms with E-state index in [1.54, 1.807) is 0 Å². The van der Waals surface area contributed by atoms with Gasteiger partial charge in [-0.1, -0.05) is 23.7 Å². The van der Waals surface area contributed by atoms with Gasteiger partial charge in [0, 0.05) is 24.2 Å². The van der Waals surface area contributed by atoms with Crippen molar-refractivity contribution in [3.05, 3.63) is 34.9 Å². The number of hydrogen-bond acceptors (Lipinski definition) is 2. The fraction of sp³-hybridized carbons (Fsp3) is 0.647. The Morgan fingerprint density at radius 1 is 1.15 bits per heavy atom. The van der Waals surface area contributed by atoms with Crippen molar-refractivity contribution in [1.82, 2.24) is 5.32 Å². The highest BCUT2D eigenvalue weighted by atomic mass is 35.5. The maximum Gasteiger partial charge on any atom is 0.0509 e. The minimum atomic E-state index is 0.565. The van der Waals surface area contributed by atoms with Crippen molar-refractivity contribution in [1.29, 1.82) is 0 Å². The van der Waals surface area contributed by atoms with E-state index in [4.69, 9.17) is 16.3 Å². The lowest BCUT2D eigenvalue weighted by Crippen LogP contribution is -2.29. The molecule has 0 radical (unpaired) electrons. The molecule has 2 nitrogen and oxygen atoms in total. The summed E-state index contributed by atoms with van der Waals surface area (Å²) in [6.45, 7) is 2.90. The Morgan fingerprint density at radius 2 is 1.90 bits per heavy atom. The average Bonchev–Trinajstić information content (AvgIpc) is 3.33. The molecule has 0 amide bonds. The molecule has 0 aliphatic heterocycles. The average molecular weight is 294 g/mol. The van der Waals surface area contributed by atoms with Gasteiger partial charge in [-0.3, -0.25) is 0 Å². The number of halogens is 1. The van der Waals surface area contributed by atoms with Crippen molar-refractivity contribution in [2.75, 3.05) is 19.8 Å². The molecule has 3 rings (SSSR count). The first-order valence-corrected chi connectivity index (χ1v) is 8.23. The van der Waals surface area contributed by atoms with Gasteiger partial charge in [0.2, 0.25) is 0 Å². The Balaban J connectivity index is 1.47. The Bertz CT molecular complexity index is 412. The second kappa shape index (κ2) is 6.93. The van der Waals surface area contributed by atoms with Crippen LogP contribution in [0.2, 0.25) is 5.02 Å². The molecule has 2 aliphatic rings. The second-order valence-corrected chi connectivity index (χ2v) is 6.80. The molecule has 1 N–H and O–H groups in total. The maximum atomic E-state index is 5.95. The van der Waals surface area contributed by atoms with Gasteiger partial charge in [-0.15, -0.1) is 0 Å². The molecule has 110 valence electrons. The zero-order valence-electron chi connectivity index (χ0n) is 12.0. The van der Waals surface area contributed by atoms with Gasteiger partial charge in [-0.25, -0.2) is 0 Å². The van der Waals surface area contributed by atoms with Crippen LogP contribution in [0.5, 0.6) is 0 Å². The molecule has 3 heteroatoms. The molecular formula is C17H24ClNO. The van der Waals surface area contributed by atoms with Gasteiger partial charge in [0.05, 0.1) is 6.61 Å². The monoisotopic (exact) mass is 293 g/mol. The lowest BCUT2D eigenvalue weighted by molar-refractivity contribution is 0.0906. The van der Waals surface area contributed by atoms with E-state index in [0.717, 1.165) is 43.2 Å². The zero-order chi connectivity index (χ0) is 13.8. The summed E-state index contributed by atoms with van der Waals surface area (Å²) in [5, 5.41) is 4.45. The Hall–Kier alpha value is -0.570. The molecule has 0 bridgehead atoms. The number of hydrogen-bond donors (Lipinski definition) is 1. The fourth-order valence-electron chi connectivity index (χ4n) is 2.45. The Morgan fingerprint density at radius 3 is 2.55 bits per heavy atom. The minimum Gasteiger partial charge on any atom is -0.381 e. The van der Waals surface area contributed by atoms with E-state index < -0.39 is 0 Å². The van der Waals surface area contributed by atoms with Gasteiger partial charge < -0.3 is 10.1 Å². The van der Waals surface area contributed by atoms with Gasteiger partial charge >= 0.3 is 0 Å². The van der Waals surface area contributed by atoms with Gasteiger partial charge in [-0.05, 0) is 61.6 Å². The van der Waals surface area contributed by atoms with Crippen molar-refractivity contribution in [3.8, 4) is 0 Å². The van der Waals surface area contributed by atoms with E-state index >= 15 is 0 Å². The molecule has 1 unspecified atom stereocenters. The molecule has 0 spiro atoms. The van der Waals surface area contributed by atoms with Gasteiger partial charge in [0.25, 0.3) is 0 Å². The van der Waals surface area contributed by atoms with Crippen LogP contribution in [0.15, 0.2) is 24.3 Å². The molecule has 2 fully saturated rings. The van der Waals surface area contributed by atoms with Crippen molar-refractivity contribution < 1.29 is 4.74 Å². The van der Waals surface area contributed by atoms with Crippen molar-refractivity contribution in [2.24, 2.45) is 11.8 Å². The molecular weight excluding hydrogens is 270 g/mol. The van der Waals surface area contributed by atoms with Crippen LogP contribution >= 0.6 is 11.6 Å². The van der Waals surface area contributed by atoms with E-state index in [-0.39, 0.29) is 0 Å². The molecule has 0 heterocycles. The van der Waals surface area contributed by atoms with E-state index in [0.29, 0.717) is 5.92 Å². The third-order valence-corrected chi connectivity index (χ3v) is 4.37. The van der Waals surface area contributed by atoms with Gasteiger partial charge in [0.1, 0.15) is 0 Å². The number of benzene rings is 1. The van der Waals surface area contributed by atoms with Crippen molar-refractivity contribution >= 4 is 11.6 Å². The van der Waals surface area contributed by atoms with Crippen molar-refractivity contribution in [3.63, 3.8) is 0 Å². The topological polar surface area (TPSA) is 21.3 Å². The smallest absolute Gasteiger partial charge is 0.0509 e. The molecule has 0 saturated heterocycles. The molecule has 1 aromatic rings. The van der Waals surface area contributed by atoms with Crippen LogP contribution in [-0.4, -0.2) is 25.8 Å². The molecule has 2 saturated carbocycles. The predicted octanol–water partition coefficient (Wildman–Crippen LogP) is 3.68. The van der Waals surface area contributed by atoms with Crippen LogP contribution in [0.25, 0.3) is 0 Å². The van der Waals surface area contributed by atoms with Crippen LogP contribution in [-0.2, 0) is 11.2 Å². The first kappa shape index (κ1) is 14.4. The SMILES string of the molecule is Clc1ccc(CC(CNC2CC2)COCC2CC2)cc1. The number of ether oxygens (including phenoxy) is 1. The van der Waals surface area contributed by atoms with Crippen LogP contribution in [0, 0.1) is 11.8 Å². The Kier molecular flexibility index (Phi) is 4.98. The predicted molar refractivity (Wildman–Crippen MR) is 83.2 cm³/mol. The fourth-order valence-corrected chi connectivity index (χ4v) is 2.58. The van der Waals surface area contributed by atoms with Gasteiger partial charge in [0.15, 0.2) is 0 Å². The molecule has 1 atom stereocenters. The summed E-state index contributed by atoms with van der Waals surface area (Å²) in [7, 11) is 0. The van der Waals surface area contributed by atoms with E-state index in [2.05, 4.69) is 17.4 Å². The molecule has 2 aliphatic carbocycles. The first-order valence-electron chi connectivity index (χ1n) is 7.85. The first-order chi connectivity index (χ1) is 9.79. The standard InChI is InChI=1S/C17H24ClNO/c18-16-5-3-13(4-6-16)9-15(10-19-17-7-8-17)12-20-11-14-1-2-14/h3-6,14-15,17,19H,1-2,7-12H2. The van der Waals surface area contributed by atoms with Crippen LogP contribution in [0.3, 0.4) is 0 Å². The summed E-state index contributed by atoms with van der Waals surface area (Å²) in [6.07, 6.45) is 6.49. The minimum absolute atomic E-state index is 0.565. The lowest BCUT2D eigenvalue weighted by Gasteiger charge is -2.18. The Labute approximate surface area is 126 Å². The summed E-state index contributed by atoms with van der Waals surface area (Å²) >= 11 is 5.95. The highest BCUT2D eigenvalue weighted by Crippen LogP contribution is 2.29. The van der Waals surface area contributed by atoms with Gasteiger partial charge in [-0.2, -0.15) is 0 Å². The summed E-state index contributed by atoms with van der Waals surface area (Å²) in [4.78, 5) is 0. The normalized spacial score (nSPS) is 20.1. The van der Waals surface area contributed by atoms with Crippen molar-refractivity contribution in [2.45, 2.75) is 38.1 Å². The van der Waals surface area contributed by atoms with E-state index in [9.17, 15) is 0 Å². The largest absolute Gasteiger partial charge is 0.381 e. The quantitative estimate of drug-likeness (QED) is 0.750. The number of nitrogens with one attached hydrogen (secondary N) is 1. The van der Waals surface area contributed by atoms with Crippen LogP contribution in [0.4, 0.5) is 0 Å². The highest BCUT2D eigenvalue weighted by molar-refractivity contribution is 6.30. The lowest BCUT2D eigenvalue weighted by atomic mass is 10.00. The van der Waals surface area contributed by atoms with Crippen LogP contribution in [0.1, 0.15) is 31.2 Å². The second-order valence-electron chi connectivity index (χ2n) is 6.36. The summed E-state index contributed by atoms with van der Waals surface area (Å²) in [5.74, 6) is 1.41.